The van der Waals surface area contributed by atoms with Crippen molar-refractivity contribution in [3.05, 3.63) is 66.1 Å². The lowest BCUT2D eigenvalue weighted by Crippen LogP contribution is -2.35. The number of halogens is 1. The van der Waals surface area contributed by atoms with Gasteiger partial charge in [-0.15, -0.1) is 0 Å². The third-order valence-electron chi connectivity index (χ3n) is 6.20. The number of nitrogen functional groups attached to an aromatic ring is 1. The molecule has 0 radical (unpaired) electrons. The number of aromatic nitrogens is 1. The van der Waals surface area contributed by atoms with E-state index in [2.05, 4.69) is 30.6 Å². The number of ether oxygens (including phenoxy) is 3. The van der Waals surface area contributed by atoms with Crippen molar-refractivity contribution >= 4 is 22.3 Å². The number of benzene rings is 2. The molecule has 0 saturated heterocycles. The minimum atomic E-state index is -0.448. The van der Waals surface area contributed by atoms with Crippen LogP contribution in [0.1, 0.15) is 24.1 Å². The lowest BCUT2D eigenvalue weighted by molar-refractivity contribution is 0.164. The number of fused-ring (bicyclic) bond motifs is 1. The number of H-pyrrole nitrogens is 1. The highest BCUT2D eigenvalue weighted by atomic mass is 19.1. The van der Waals surface area contributed by atoms with Gasteiger partial charge in [-0.2, -0.15) is 0 Å². The van der Waals surface area contributed by atoms with Crippen molar-refractivity contribution in [1.82, 2.24) is 9.88 Å². The lowest BCUT2D eigenvalue weighted by Gasteiger charge is -2.24. The molecular formula is C26H30FN3O3. The van der Waals surface area contributed by atoms with Crippen molar-refractivity contribution in [3.63, 3.8) is 0 Å². The van der Waals surface area contributed by atoms with Gasteiger partial charge in [0.15, 0.2) is 23.1 Å². The molecule has 0 amide bonds. The molecule has 3 aromatic rings. The molecule has 7 heteroatoms. The minimum absolute atomic E-state index is 0.0577. The largest absolute Gasteiger partial charge is 0.493 e. The Kier molecular flexibility index (Phi) is 6.08. The first-order valence-electron chi connectivity index (χ1n) is 10.8. The van der Waals surface area contributed by atoms with Crippen molar-refractivity contribution in [2.45, 2.75) is 25.3 Å². The number of hydrogen-bond acceptors (Lipinski definition) is 5. The Hall–Kier alpha value is -3.45. The summed E-state index contributed by atoms with van der Waals surface area (Å²) in [5, 5.41) is 0.465. The Morgan fingerprint density at radius 3 is 2.61 bits per heavy atom. The molecule has 1 aliphatic rings. The van der Waals surface area contributed by atoms with Crippen LogP contribution in [0.15, 0.2) is 49.1 Å². The molecule has 0 bridgehead atoms. The zero-order chi connectivity index (χ0) is 23.8. The predicted octanol–water partition coefficient (Wildman–Crippen LogP) is 5.29. The molecule has 3 N–H and O–H groups in total. The summed E-state index contributed by atoms with van der Waals surface area (Å²) in [6.45, 7) is 6.18. The molecule has 0 unspecified atom stereocenters. The molecule has 33 heavy (non-hydrogen) atoms. The number of anilines is 1. The second-order valence-corrected chi connectivity index (χ2v) is 8.66. The maximum absolute atomic E-state index is 15.1. The molecule has 174 valence electrons. The van der Waals surface area contributed by atoms with Crippen molar-refractivity contribution in [1.29, 1.82) is 0 Å². The number of methoxy groups -OCH3 is 1. The molecular weight excluding hydrogens is 421 g/mol. The summed E-state index contributed by atoms with van der Waals surface area (Å²) in [6, 6.07) is 8.58. The van der Waals surface area contributed by atoms with Gasteiger partial charge in [0.05, 0.1) is 12.6 Å². The number of nitrogens with two attached hydrogens (primary N) is 1. The summed E-state index contributed by atoms with van der Waals surface area (Å²) in [5.74, 6) is 1.07. The van der Waals surface area contributed by atoms with Gasteiger partial charge >= 0.3 is 0 Å². The number of likely N-dealkylation sites (N-methyl/N-ethyl adjacent to an activating group) is 1. The van der Waals surface area contributed by atoms with Crippen molar-refractivity contribution in [3.8, 4) is 17.2 Å². The maximum Gasteiger partial charge on any atom is 0.175 e. The molecule has 2 aromatic carbocycles. The monoisotopic (exact) mass is 451 g/mol. The summed E-state index contributed by atoms with van der Waals surface area (Å²) < 4.78 is 32.8. The third kappa shape index (κ3) is 4.41. The Morgan fingerprint density at radius 2 is 1.97 bits per heavy atom. The standard InChI is InChI=1S/C26H30FN3O3/c1-6-7-21(33-22-9-8-20-18(25(22)27)12-16(2)29-20)17-13-23(31-5)24(14-19(17)28)32-15-26(10-11-26)30(3)4/h6-9,12-14,29H,1,10-11,15,28H2,2-5H3/b21-7+. The zero-order valence-corrected chi connectivity index (χ0v) is 19.5. The SMILES string of the molecule is C=C/C=C(/Oc1ccc2[nH]c(C)cc2c1F)c1cc(OC)c(OCC2(N(C)C)CC2)cc1N. The summed E-state index contributed by atoms with van der Waals surface area (Å²) in [6.07, 6.45) is 5.39. The number of nitrogens with zero attached hydrogens (tertiary/aromatic N) is 1. The van der Waals surface area contributed by atoms with Crippen LogP contribution in [0.25, 0.3) is 16.7 Å². The van der Waals surface area contributed by atoms with Gasteiger partial charge in [0.2, 0.25) is 0 Å². The van der Waals surface area contributed by atoms with Crippen molar-refractivity contribution in [2.75, 3.05) is 33.5 Å². The van der Waals surface area contributed by atoms with Crippen LogP contribution in [0, 0.1) is 12.7 Å². The molecule has 0 aliphatic heterocycles. The normalized spacial score (nSPS) is 15.0. The van der Waals surface area contributed by atoms with Crippen LogP contribution in [0.4, 0.5) is 10.1 Å². The zero-order valence-electron chi connectivity index (χ0n) is 19.5. The molecule has 1 fully saturated rings. The maximum atomic E-state index is 15.1. The number of aryl methyl sites for hydroxylation is 1. The van der Waals surface area contributed by atoms with E-state index < -0.39 is 5.82 Å². The van der Waals surface area contributed by atoms with Crippen LogP contribution in [-0.4, -0.2) is 43.2 Å². The van der Waals surface area contributed by atoms with E-state index in [-0.39, 0.29) is 11.3 Å². The van der Waals surface area contributed by atoms with Crippen LogP contribution in [0.5, 0.6) is 17.2 Å². The fourth-order valence-electron chi connectivity index (χ4n) is 3.91. The van der Waals surface area contributed by atoms with Gasteiger partial charge in [0.25, 0.3) is 0 Å². The summed E-state index contributed by atoms with van der Waals surface area (Å²) in [4.78, 5) is 5.31. The van der Waals surface area contributed by atoms with Gasteiger partial charge in [-0.25, -0.2) is 4.39 Å². The average molecular weight is 452 g/mol. The molecule has 1 aliphatic carbocycles. The lowest BCUT2D eigenvalue weighted by atomic mass is 10.1. The smallest absolute Gasteiger partial charge is 0.175 e. The number of rotatable bonds is 9. The molecule has 6 nitrogen and oxygen atoms in total. The second-order valence-electron chi connectivity index (χ2n) is 8.66. The van der Waals surface area contributed by atoms with E-state index >= 15 is 4.39 Å². The number of hydrogen-bond donors (Lipinski definition) is 2. The molecule has 1 heterocycles. The minimum Gasteiger partial charge on any atom is -0.493 e. The van der Waals surface area contributed by atoms with Crippen LogP contribution in [0.2, 0.25) is 0 Å². The quantitative estimate of drug-likeness (QED) is 0.263. The Labute approximate surface area is 193 Å². The first-order valence-corrected chi connectivity index (χ1v) is 10.8. The van der Waals surface area contributed by atoms with E-state index in [1.165, 1.54) is 0 Å². The van der Waals surface area contributed by atoms with E-state index in [9.17, 15) is 0 Å². The predicted molar refractivity (Wildman–Crippen MR) is 130 cm³/mol. The van der Waals surface area contributed by atoms with Crippen LogP contribution in [0.3, 0.4) is 0 Å². The van der Waals surface area contributed by atoms with Gasteiger partial charge < -0.3 is 29.8 Å². The highest BCUT2D eigenvalue weighted by Crippen LogP contribution is 2.42. The van der Waals surface area contributed by atoms with E-state index in [0.717, 1.165) is 18.5 Å². The summed E-state index contributed by atoms with van der Waals surface area (Å²) in [7, 11) is 5.68. The number of nitrogens with one attached hydrogen (secondary N) is 1. The van der Waals surface area contributed by atoms with Crippen LogP contribution >= 0.6 is 0 Å². The third-order valence-corrected chi connectivity index (χ3v) is 6.20. The highest BCUT2D eigenvalue weighted by molar-refractivity contribution is 5.83. The van der Waals surface area contributed by atoms with Crippen molar-refractivity contribution < 1.29 is 18.6 Å². The van der Waals surface area contributed by atoms with Gasteiger partial charge in [0, 0.05) is 33.9 Å². The molecule has 0 spiro atoms. The fourth-order valence-corrected chi connectivity index (χ4v) is 3.91. The highest BCUT2D eigenvalue weighted by Gasteiger charge is 2.45. The first-order chi connectivity index (χ1) is 15.8. The Bertz CT molecular complexity index is 1230. The molecule has 1 aromatic heterocycles. The fraction of sp³-hybridized carbons (Fsp3) is 0.308. The van der Waals surface area contributed by atoms with Crippen LogP contribution in [-0.2, 0) is 0 Å². The Balaban J connectivity index is 1.64. The van der Waals surface area contributed by atoms with Crippen molar-refractivity contribution in [2.24, 2.45) is 0 Å². The number of allylic oxidation sites excluding steroid dienone is 2. The number of aromatic amines is 1. The molecule has 0 atom stereocenters. The topological polar surface area (TPSA) is 72.7 Å². The van der Waals surface area contributed by atoms with E-state index in [0.29, 0.717) is 46.0 Å². The van der Waals surface area contributed by atoms with Gasteiger partial charge in [0.1, 0.15) is 12.4 Å². The second kappa shape index (κ2) is 8.83. The van der Waals surface area contributed by atoms with E-state index in [1.54, 1.807) is 49.6 Å². The molecule has 1 saturated carbocycles. The van der Waals surface area contributed by atoms with E-state index in [4.69, 9.17) is 19.9 Å². The Morgan fingerprint density at radius 1 is 1.21 bits per heavy atom. The summed E-state index contributed by atoms with van der Waals surface area (Å²) in [5.41, 5.74) is 8.99. The molecule has 4 rings (SSSR count). The first kappa shape index (κ1) is 22.7. The van der Waals surface area contributed by atoms with Gasteiger partial charge in [-0.05, 0) is 64.2 Å². The van der Waals surface area contributed by atoms with E-state index in [1.807, 2.05) is 6.92 Å². The van der Waals surface area contributed by atoms with Gasteiger partial charge in [-0.1, -0.05) is 12.7 Å². The summed E-state index contributed by atoms with van der Waals surface area (Å²) >= 11 is 0. The van der Waals surface area contributed by atoms with Gasteiger partial charge in [-0.3, -0.25) is 0 Å². The average Bonchev–Trinajstić information content (AvgIpc) is 3.48. The van der Waals surface area contributed by atoms with Crippen LogP contribution < -0.4 is 19.9 Å².